The fraction of sp³-hybridized carbons (Fsp3) is 0.273. The Bertz CT molecular complexity index is 1060. The van der Waals surface area contributed by atoms with Gasteiger partial charge < -0.3 is 15.4 Å². The molecule has 148 valence electrons. The zero-order valence-electron chi connectivity index (χ0n) is 15.4. The highest BCUT2D eigenvalue weighted by atomic mass is 35.5. The second-order valence-electron chi connectivity index (χ2n) is 7.64. The summed E-state index contributed by atoms with van der Waals surface area (Å²) in [5.74, 6) is 1.19. The van der Waals surface area contributed by atoms with Crippen LogP contribution < -0.4 is 15.4 Å². The number of rotatable bonds is 4. The van der Waals surface area contributed by atoms with Crippen LogP contribution in [0.15, 0.2) is 54.7 Å². The van der Waals surface area contributed by atoms with Crippen molar-refractivity contribution in [2.24, 2.45) is 11.8 Å². The van der Waals surface area contributed by atoms with Crippen LogP contribution >= 0.6 is 11.6 Å². The van der Waals surface area contributed by atoms with Gasteiger partial charge in [0.05, 0.1) is 11.6 Å². The molecular weight excluding hydrogens is 393 g/mol. The molecule has 2 saturated carbocycles. The van der Waals surface area contributed by atoms with E-state index in [2.05, 4.69) is 15.6 Å². The molecule has 2 fully saturated rings. The van der Waals surface area contributed by atoms with Crippen molar-refractivity contribution in [3.8, 4) is 5.75 Å². The van der Waals surface area contributed by atoms with Crippen molar-refractivity contribution < 1.29 is 13.9 Å². The molecule has 1 heterocycles. The van der Waals surface area contributed by atoms with Gasteiger partial charge in [0.2, 0.25) is 0 Å². The lowest BCUT2D eigenvalue weighted by molar-refractivity contribution is 0.191. The molecule has 2 unspecified atom stereocenters. The lowest BCUT2D eigenvalue weighted by atomic mass is 10.1. The third-order valence-corrected chi connectivity index (χ3v) is 6.01. The minimum absolute atomic E-state index is 0.0660. The van der Waals surface area contributed by atoms with Crippen LogP contribution in [-0.2, 0) is 0 Å². The summed E-state index contributed by atoms with van der Waals surface area (Å²) in [5, 5.41) is 7.18. The molecule has 2 aliphatic rings. The quantitative estimate of drug-likeness (QED) is 0.634. The van der Waals surface area contributed by atoms with E-state index in [4.69, 9.17) is 16.3 Å². The summed E-state index contributed by atoms with van der Waals surface area (Å²) in [6.45, 7) is 0. The highest BCUT2D eigenvalue weighted by Gasteiger charge is 2.57. The van der Waals surface area contributed by atoms with Crippen LogP contribution in [-0.4, -0.2) is 23.2 Å². The normalized spacial score (nSPS) is 24.8. The van der Waals surface area contributed by atoms with Crippen molar-refractivity contribution >= 4 is 34.2 Å². The predicted molar refractivity (Wildman–Crippen MR) is 110 cm³/mol. The molecule has 1 aromatic heterocycles. The highest BCUT2D eigenvalue weighted by Crippen LogP contribution is 2.53. The molecule has 0 bridgehead atoms. The molecule has 3 aromatic rings. The van der Waals surface area contributed by atoms with Crippen LogP contribution in [0.4, 0.5) is 14.9 Å². The average Bonchev–Trinajstić information content (AvgIpc) is 3.14. The third-order valence-electron chi connectivity index (χ3n) is 5.76. The maximum atomic E-state index is 13.6. The second kappa shape index (κ2) is 7.19. The van der Waals surface area contributed by atoms with Crippen molar-refractivity contribution in [1.82, 2.24) is 10.3 Å². The smallest absolute Gasteiger partial charge is 0.319 e. The molecule has 2 aliphatic carbocycles. The van der Waals surface area contributed by atoms with Gasteiger partial charge in [0.15, 0.2) is 0 Å². The first-order valence-electron chi connectivity index (χ1n) is 9.61. The average molecular weight is 412 g/mol. The van der Waals surface area contributed by atoms with Crippen molar-refractivity contribution in [3.63, 3.8) is 0 Å². The van der Waals surface area contributed by atoms with E-state index in [1.54, 1.807) is 42.6 Å². The van der Waals surface area contributed by atoms with Crippen LogP contribution in [0.2, 0.25) is 5.02 Å². The lowest BCUT2D eigenvalue weighted by Crippen LogP contribution is -2.34. The molecule has 0 radical (unpaired) electrons. The van der Waals surface area contributed by atoms with Crippen molar-refractivity contribution in [3.05, 3.63) is 65.6 Å². The molecule has 5 nitrogen and oxygen atoms in total. The number of urea groups is 1. The number of aromatic nitrogens is 1. The topological polar surface area (TPSA) is 63.2 Å². The number of anilines is 1. The van der Waals surface area contributed by atoms with Gasteiger partial charge in [-0.05, 0) is 73.2 Å². The van der Waals surface area contributed by atoms with Crippen LogP contribution in [0.1, 0.15) is 12.8 Å². The number of carbonyl (C=O) groups is 1. The summed E-state index contributed by atoms with van der Waals surface area (Å²) >= 11 is 5.86. The van der Waals surface area contributed by atoms with E-state index < -0.39 is 0 Å². The van der Waals surface area contributed by atoms with E-state index in [1.165, 1.54) is 12.1 Å². The van der Waals surface area contributed by atoms with Crippen molar-refractivity contribution in [2.75, 3.05) is 5.32 Å². The molecule has 2 N–H and O–H groups in total. The van der Waals surface area contributed by atoms with Gasteiger partial charge in [-0.1, -0.05) is 11.6 Å². The Labute approximate surface area is 172 Å². The first-order chi connectivity index (χ1) is 14.1. The molecule has 7 heteroatoms. The molecule has 5 rings (SSSR count). The van der Waals surface area contributed by atoms with Crippen molar-refractivity contribution in [1.29, 1.82) is 0 Å². The Morgan fingerprint density at radius 3 is 2.62 bits per heavy atom. The summed E-state index contributed by atoms with van der Waals surface area (Å²) < 4.78 is 19.8. The summed E-state index contributed by atoms with van der Waals surface area (Å²) in [6, 6.07) is 13.3. The van der Waals surface area contributed by atoms with Crippen LogP contribution in [0, 0.1) is 17.7 Å². The molecule has 2 aromatic carbocycles. The summed E-state index contributed by atoms with van der Waals surface area (Å²) in [5.41, 5.74) is 1.42. The zero-order valence-corrected chi connectivity index (χ0v) is 16.2. The van der Waals surface area contributed by atoms with Gasteiger partial charge in [0.1, 0.15) is 11.6 Å². The Kier molecular flexibility index (Phi) is 4.51. The Balaban J connectivity index is 1.16. The van der Waals surface area contributed by atoms with Gasteiger partial charge in [-0.3, -0.25) is 4.98 Å². The molecule has 0 spiro atoms. The lowest BCUT2D eigenvalue weighted by Gasteiger charge is -2.18. The second-order valence-corrected chi connectivity index (χ2v) is 8.08. The number of nitrogens with one attached hydrogen (secondary N) is 2. The number of benzene rings is 2. The number of hydrogen-bond donors (Lipinski definition) is 2. The maximum absolute atomic E-state index is 13.6. The molecule has 29 heavy (non-hydrogen) atoms. The molecule has 2 amide bonds. The fourth-order valence-electron chi connectivity index (χ4n) is 4.33. The number of fused-ring (bicyclic) bond motifs is 2. The van der Waals surface area contributed by atoms with Gasteiger partial charge >= 0.3 is 6.03 Å². The minimum atomic E-state index is -0.305. The van der Waals surface area contributed by atoms with Crippen molar-refractivity contribution in [2.45, 2.75) is 25.0 Å². The molecule has 4 atom stereocenters. The monoisotopic (exact) mass is 411 g/mol. The van der Waals surface area contributed by atoms with Gasteiger partial charge in [-0.15, -0.1) is 0 Å². The number of pyridine rings is 1. The van der Waals surface area contributed by atoms with Crippen LogP contribution in [0.5, 0.6) is 5.75 Å². The Morgan fingerprint density at radius 2 is 1.86 bits per heavy atom. The molecule has 0 aliphatic heterocycles. The highest BCUT2D eigenvalue weighted by molar-refractivity contribution is 6.30. The summed E-state index contributed by atoms with van der Waals surface area (Å²) in [4.78, 5) is 16.5. The third kappa shape index (κ3) is 3.72. The van der Waals surface area contributed by atoms with E-state index in [-0.39, 0.29) is 24.0 Å². The first kappa shape index (κ1) is 18.2. The van der Waals surface area contributed by atoms with Gasteiger partial charge in [-0.25, -0.2) is 9.18 Å². The number of carbonyl (C=O) groups excluding carboxylic acids is 1. The first-order valence-corrected chi connectivity index (χ1v) is 9.98. The van der Waals surface area contributed by atoms with Gasteiger partial charge in [0.25, 0.3) is 0 Å². The number of halogens is 2. The Hall–Kier alpha value is -2.86. The van der Waals surface area contributed by atoms with E-state index in [0.29, 0.717) is 39.2 Å². The fourth-order valence-corrected chi connectivity index (χ4v) is 4.45. The Morgan fingerprint density at radius 1 is 1.10 bits per heavy atom. The largest absolute Gasteiger partial charge is 0.490 e. The van der Waals surface area contributed by atoms with Gasteiger partial charge in [0, 0.05) is 28.3 Å². The number of ether oxygens (including phenoxy) is 1. The summed E-state index contributed by atoms with van der Waals surface area (Å²) in [7, 11) is 0. The number of amides is 2. The van der Waals surface area contributed by atoms with E-state index in [9.17, 15) is 9.18 Å². The van der Waals surface area contributed by atoms with E-state index >= 15 is 0 Å². The standard InChI is InChI=1S/C22H19ClFN3O2/c23-12-1-4-14(5-2-12)26-22(28)27-21-16-10-15(11-17(16)21)29-20-7-8-25-19-6-3-13(24)9-18(19)20/h1-9,15-17,21H,10-11H2,(H2,26,27,28)/t15?,16-,17+,21?. The summed E-state index contributed by atoms with van der Waals surface area (Å²) in [6.07, 6.45) is 3.48. The number of hydrogen-bond acceptors (Lipinski definition) is 3. The van der Waals surface area contributed by atoms with E-state index in [0.717, 1.165) is 12.8 Å². The minimum Gasteiger partial charge on any atom is -0.490 e. The SMILES string of the molecule is O=C(Nc1ccc(Cl)cc1)NC1[C@H]2CC(Oc3ccnc4ccc(F)cc34)C[C@@H]12. The number of nitrogens with zero attached hydrogens (tertiary/aromatic N) is 1. The molecule has 0 saturated heterocycles. The van der Waals surface area contributed by atoms with Crippen LogP contribution in [0.3, 0.4) is 0 Å². The maximum Gasteiger partial charge on any atom is 0.319 e. The zero-order chi connectivity index (χ0) is 20.0. The molecular formula is C22H19ClFN3O2. The van der Waals surface area contributed by atoms with E-state index in [1.807, 2.05) is 0 Å². The van der Waals surface area contributed by atoms with Crippen LogP contribution in [0.25, 0.3) is 10.9 Å². The van der Waals surface area contributed by atoms with Gasteiger partial charge in [-0.2, -0.15) is 0 Å². The predicted octanol–water partition coefficient (Wildman–Crippen LogP) is 5.00.